The van der Waals surface area contributed by atoms with E-state index in [1.54, 1.807) is 30.3 Å². The van der Waals surface area contributed by atoms with E-state index in [9.17, 15) is 9.18 Å². The quantitative estimate of drug-likeness (QED) is 0.680. The van der Waals surface area contributed by atoms with E-state index >= 15 is 0 Å². The lowest BCUT2D eigenvalue weighted by Gasteiger charge is -2.18. The van der Waals surface area contributed by atoms with E-state index in [4.69, 9.17) is 14.6 Å². The van der Waals surface area contributed by atoms with E-state index in [1.807, 2.05) is 0 Å². The number of esters is 1. The number of hydrogen-bond donors (Lipinski definition) is 1. The molecule has 0 aliphatic carbocycles. The zero-order valence-electron chi connectivity index (χ0n) is 9.33. The third-order valence-corrected chi connectivity index (χ3v) is 3.39. The van der Waals surface area contributed by atoms with Crippen molar-refractivity contribution in [3.05, 3.63) is 35.9 Å². The lowest BCUT2D eigenvalue weighted by Crippen LogP contribution is -2.35. The Kier molecular flexibility index (Phi) is 4.31. The summed E-state index contributed by atoms with van der Waals surface area (Å²) in [6, 6.07) is 8.28. The Balaban J connectivity index is 2.06. The summed E-state index contributed by atoms with van der Waals surface area (Å²) in [5.41, 5.74) is 0.333. The van der Waals surface area contributed by atoms with Crippen LogP contribution in [0, 0.1) is 0 Å². The number of ether oxygens (including phenoxy) is 2. The van der Waals surface area contributed by atoms with Crippen LogP contribution in [0.2, 0.25) is 0 Å². The van der Waals surface area contributed by atoms with Gasteiger partial charge in [0.2, 0.25) is 0 Å². The second-order valence-electron chi connectivity index (χ2n) is 3.89. The number of aliphatic hydroxyl groups excluding tert-OH is 1. The van der Waals surface area contributed by atoms with Crippen LogP contribution in [-0.4, -0.2) is 41.1 Å². The van der Waals surface area contributed by atoms with Crippen molar-refractivity contribution in [1.29, 1.82) is 0 Å². The summed E-state index contributed by atoms with van der Waals surface area (Å²) in [6.45, 7) is -0.407. The molecule has 1 saturated heterocycles. The van der Waals surface area contributed by atoms with Gasteiger partial charge in [0, 0.05) is 0 Å². The van der Waals surface area contributed by atoms with Crippen LogP contribution in [0.5, 0.6) is 0 Å². The molecular formula is C12H12BrFO4. The molecule has 1 N–H and O–H groups in total. The minimum Gasteiger partial charge on any atom is -0.453 e. The zero-order chi connectivity index (χ0) is 13.1. The Morgan fingerprint density at radius 3 is 2.72 bits per heavy atom. The fourth-order valence-electron chi connectivity index (χ4n) is 1.73. The van der Waals surface area contributed by atoms with Gasteiger partial charge < -0.3 is 14.6 Å². The molecule has 18 heavy (non-hydrogen) atoms. The third kappa shape index (κ3) is 2.71. The predicted molar refractivity (Wildman–Crippen MR) is 65.2 cm³/mol. The lowest BCUT2D eigenvalue weighted by molar-refractivity contribution is -0.0262. The smallest absolute Gasteiger partial charge is 0.338 e. The molecule has 1 aromatic rings. The SMILES string of the molecule is O=C(O[C@@H]1[C@@H](CO)OC(Br)[C@@H]1F)c1ccccc1. The molecule has 4 nitrogen and oxygen atoms in total. The van der Waals surface area contributed by atoms with Crippen LogP contribution >= 0.6 is 15.9 Å². The number of carbonyl (C=O) groups excluding carboxylic acids is 1. The highest BCUT2D eigenvalue weighted by atomic mass is 79.9. The second kappa shape index (κ2) is 5.77. The normalized spacial score (nSPS) is 31.3. The summed E-state index contributed by atoms with van der Waals surface area (Å²) in [6.07, 6.45) is -3.46. The number of carbonyl (C=O) groups is 1. The van der Waals surface area contributed by atoms with Gasteiger partial charge in [-0.2, -0.15) is 0 Å². The Morgan fingerprint density at radius 1 is 1.44 bits per heavy atom. The maximum absolute atomic E-state index is 13.7. The van der Waals surface area contributed by atoms with Crippen LogP contribution in [0.4, 0.5) is 4.39 Å². The molecular weight excluding hydrogens is 307 g/mol. The molecule has 0 saturated carbocycles. The summed E-state index contributed by atoms with van der Waals surface area (Å²) >= 11 is 2.97. The van der Waals surface area contributed by atoms with Crippen LogP contribution in [0.15, 0.2) is 30.3 Å². The third-order valence-electron chi connectivity index (χ3n) is 2.67. The molecule has 0 radical (unpaired) electrons. The first kappa shape index (κ1) is 13.5. The zero-order valence-corrected chi connectivity index (χ0v) is 10.9. The number of hydrogen-bond acceptors (Lipinski definition) is 4. The van der Waals surface area contributed by atoms with E-state index in [1.165, 1.54) is 0 Å². The van der Waals surface area contributed by atoms with Gasteiger partial charge in [-0.25, -0.2) is 9.18 Å². The average Bonchev–Trinajstić information content (AvgIpc) is 2.67. The topological polar surface area (TPSA) is 55.8 Å². The molecule has 6 heteroatoms. The van der Waals surface area contributed by atoms with Crippen molar-refractivity contribution in [3.63, 3.8) is 0 Å². The largest absolute Gasteiger partial charge is 0.453 e. The van der Waals surface area contributed by atoms with Crippen molar-refractivity contribution in [2.24, 2.45) is 0 Å². The highest BCUT2D eigenvalue weighted by Crippen LogP contribution is 2.30. The Bertz CT molecular complexity index is 414. The van der Waals surface area contributed by atoms with Gasteiger partial charge in [0.25, 0.3) is 0 Å². The summed E-state index contributed by atoms with van der Waals surface area (Å²) in [5.74, 6) is -0.633. The summed E-state index contributed by atoms with van der Waals surface area (Å²) in [5, 5.41) is 8.18. The monoisotopic (exact) mass is 318 g/mol. The summed E-state index contributed by atoms with van der Waals surface area (Å²) in [7, 11) is 0. The number of aliphatic hydroxyl groups is 1. The molecule has 1 aliphatic heterocycles. The molecule has 98 valence electrons. The maximum Gasteiger partial charge on any atom is 0.338 e. The molecule has 0 aromatic heterocycles. The van der Waals surface area contributed by atoms with Gasteiger partial charge >= 0.3 is 5.97 Å². The molecule has 0 amide bonds. The molecule has 1 heterocycles. The molecule has 1 unspecified atom stereocenters. The van der Waals surface area contributed by atoms with Gasteiger partial charge in [0.1, 0.15) is 11.1 Å². The van der Waals surface area contributed by atoms with Crippen molar-refractivity contribution in [2.45, 2.75) is 23.4 Å². The number of benzene rings is 1. The lowest BCUT2D eigenvalue weighted by atomic mass is 10.1. The highest BCUT2D eigenvalue weighted by molar-refractivity contribution is 9.09. The first-order valence-corrected chi connectivity index (χ1v) is 6.35. The average molecular weight is 319 g/mol. The number of halogens is 2. The minimum atomic E-state index is -1.50. The van der Waals surface area contributed by atoms with Crippen molar-refractivity contribution >= 4 is 21.9 Å². The Morgan fingerprint density at radius 2 is 2.11 bits per heavy atom. The molecule has 0 spiro atoms. The first-order valence-electron chi connectivity index (χ1n) is 5.44. The second-order valence-corrected chi connectivity index (χ2v) is 4.79. The maximum atomic E-state index is 13.7. The van der Waals surface area contributed by atoms with Crippen molar-refractivity contribution in [3.8, 4) is 0 Å². The Hall–Kier alpha value is -0.980. The van der Waals surface area contributed by atoms with E-state index in [2.05, 4.69) is 15.9 Å². The number of rotatable bonds is 3. The van der Waals surface area contributed by atoms with E-state index in [-0.39, 0.29) is 0 Å². The van der Waals surface area contributed by atoms with Crippen LogP contribution < -0.4 is 0 Å². The van der Waals surface area contributed by atoms with Crippen molar-refractivity contribution in [1.82, 2.24) is 0 Å². The van der Waals surface area contributed by atoms with Crippen LogP contribution in [0.3, 0.4) is 0 Å². The van der Waals surface area contributed by atoms with Gasteiger partial charge in [-0.1, -0.05) is 34.1 Å². The van der Waals surface area contributed by atoms with Crippen molar-refractivity contribution < 1.29 is 23.8 Å². The van der Waals surface area contributed by atoms with E-state index in [0.717, 1.165) is 0 Å². The van der Waals surface area contributed by atoms with Crippen LogP contribution in [-0.2, 0) is 9.47 Å². The van der Waals surface area contributed by atoms with Gasteiger partial charge in [0.15, 0.2) is 12.3 Å². The summed E-state index contributed by atoms with van der Waals surface area (Å²) in [4.78, 5) is 11.8. The molecule has 4 atom stereocenters. The van der Waals surface area contributed by atoms with E-state index < -0.39 is 36.0 Å². The first-order chi connectivity index (χ1) is 8.63. The Labute approximate surface area is 112 Å². The molecule has 1 aliphatic rings. The van der Waals surface area contributed by atoms with Gasteiger partial charge in [-0.05, 0) is 12.1 Å². The fraction of sp³-hybridized carbons (Fsp3) is 0.417. The van der Waals surface area contributed by atoms with E-state index in [0.29, 0.717) is 5.56 Å². The standard InChI is InChI=1S/C12H12BrFO4/c13-11-9(14)10(8(6-15)17-11)18-12(16)7-4-2-1-3-5-7/h1-5,8-11,15H,6H2/t8-,9-,10-,11?/m1/s1. The van der Waals surface area contributed by atoms with Gasteiger partial charge in [-0.3, -0.25) is 0 Å². The van der Waals surface area contributed by atoms with Gasteiger partial charge in [-0.15, -0.1) is 0 Å². The molecule has 1 aromatic carbocycles. The van der Waals surface area contributed by atoms with Crippen LogP contribution in [0.1, 0.15) is 10.4 Å². The van der Waals surface area contributed by atoms with Gasteiger partial charge in [0.05, 0.1) is 12.2 Å². The highest BCUT2D eigenvalue weighted by Gasteiger charge is 2.46. The summed E-state index contributed by atoms with van der Waals surface area (Å²) < 4.78 is 23.9. The fourth-order valence-corrected chi connectivity index (χ4v) is 2.31. The molecule has 1 fully saturated rings. The molecule has 0 bridgehead atoms. The van der Waals surface area contributed by atoms with Crippen LogP contribution in [0.25, 0.3) is 0 Å². The van der Waals surface area contributed by atoms with Crippen molar-refractivity contribution in [2.75, 3.05) is 6.61 Å². The molecule has 2 rings (SSSR count). The number of alkyl halides is 2. The minimum absolute atomic E-state index is 0.333. The predicted octanol–water partition coefficient (Wildman–Crippen LogP) is 1.66.